The zero-order valence-electron chi connectivity index (χ0n) is 16.1. The molecule has 1 aromatic carbocycles. The van der Waals surface area contributed by atoms with Crippen LogP contribution in [0.2, 0.25) is 5.02 Å². The van der Waals surface area contributed by atoms with Crippen molar-refractivity contribution in [2.24, 2.45) is 5.92 Å². The van der Waals surface area contributed by atoms with E-state index in [1.807, 2.05) is 25.1 Å². The number of fused-ring (bicyclic) bond motifs is 1. The zero-order valence-corrected chi connectivity index (χ0v) is 17.7. The van der Waals surface area contributed by atoms with Gasteiger partial charge < -0.3 is 10.1 Å². The van der Waals surface area contributed by atoms with E-state index in [1.165, 1.54) is 22.3 Å². The number of hydrogen-bond donors (Lipinski definition) is 1. The predicted molar refractivity (Wildman–Crippen MR) is 115 cm³/mol. The average molecular weight is 418 g/mol. The van der Waals surface area contributed by atoms with Crippen LogP contribution in [0.25, 0.3) is 6.08 Å². The number of benzene rings is 1. The number of nitrogens with one attached hydrogen (secondary N) is 1. The lowest BCUT2D eigenvalue weighted by Gasteiger charge is -2.18. The number of anilines is 1. The van der Waals surface area contributed by atoms with E-state index >= 15 is 0 Å². The average Bonchev–Trinajstić information content (AvgIpc) is 3.02. The molecule has 1 atom stereocenters. The highest BCUT2D eigenvalue weighted by Crippen LogP contribution is 2.40. The monoisotopic (exact) mass is 417 g/mol. The maximum absolute atomic E-state index is 12.6. The van der Waals surface area contributed by atoms with Gasteiger partial charge in [-0.15, -0.1) is 11.3 Å². The highest BCUT2D eigenvalue weighted by molar-refractivity contribution is 7.17. The van der Waals surface area contributed by atoms with Crippen LogP contribution in [0.5, 0.6) is 0 Å². The quantitative estimate of drug-likeness (QED) is 0.481. The first-order valence-corrected chi connectivity index (χ1v) is 10.7. The van der Waals surface area contributed by atoms with Gasteiger partial charge in [0.25, 0.3) is 0 Å². The molecular weight excluding hydrogens is 394 g/mol. The minimum Gasteiger partial charge on any atom is -0.462 e. The molecule has 1 aliphatic rings. The lowest BCUT2D eigenvalue weighted by Crippen LogP contribution is -2.16. The first-order valence-electron chi connectivity index (χ1n) is 9.54. The summed E-state index contributed by atoms with van der Waals surface area (Å²) in [7, 11) is 0. The van der Waals surface area contributed by atoms with E-state index in [0.717, 1.165) is 36.8 Å². The smallest absolute Gasteiger partial charge is 0.341 e. The summed E-state index contributed by atoms with van der Waals surface area (Å²) in [6, 6.07) is 7.31. The molecule has 1 N–H and O–H groups in total. The molecule has 0 bridgehead atoms. The number of rotatable bonds is 6. The van der Waals surface area contributed by atoms with Crippen molar-refractivity contribution in [2.75, 3.05) is 11.9 Å². The summed E-state index contributed by atoms with van der Waals surface area (Å²) >= 11 is 7.61. The second-order valence-corrected chi connectivity index (χ2v) is 8.55. The summed E-state index contributed by atoms with van der Waals surface area (Å²) in [5.74, 6) is -0.0651. The van der Waals surface area contributed by atoms with Gasteiger partial charge >= 0.3 is 5.97 Å². The second kappa shape index (κ2) is 9.39. The van der Waals surface area contributed by atoms with Crippen LogP contribution in [-0.4, -0.2) is 18.5 Å². The molecule has 0 saturated carbocycles. The van der Waals surface area contributed by atoms with E-state index in [9.17, 15) is 9.59 Å². The maximum atomic E-state index is 12.6. The van der Waals surface area contributed by atoms with Gasteiger partial charge in [-0.25, -0.2) is 4.79 Å². The highest BCUT2D eigenvalue weighted by Gasteiger charge is 2.28. The largest absolute Gasteiger partial charge is 0.462 e. The third kappa shape index (κ3) is 4.83. The second-order valence-electron chi connectivity index (χ2n) is 7.04. The summed E-state index contributed by atoms with van der Waals surface area (Å²) in [5, 5.41) is 4.04. The molecule has 0 aliphatic heterocycles. The summed E-state index contributed by atoms with van der Waals surface area (Å²) in [6.45, 7) is 4.54. The highest BCUT2D eigenvalue weighted by atomic mass is 35.5. The summed E-state index contributed by atoms with van der Waals surface area (Å²) in [5.41, 5.74) is 2.33. The molecule has 0 radical (unpaired) electrons. The number of carbonyl (C=O) groups excluding carboxylic acids is 2. The van der Waals surface area contributed by atoms with Crippen molar-refractivity contribution in [1.29, 1.82) is 0 Å². The van der Waals surface area contributed by atoms with Crippen molar-refractivity contribution < 1.29 is 14.3 Å². The van der Waals surface area contributed by atoms with Crippen LogP contribution in [0.1, 0.15) is 53.1 Å². The fourth-order valence-corrected chi connectivity index (χ4v) is 4.85. The Morgan fingerprint density at radius 2 is 2.14 bits per heavy atom. The maximum Gasteiger partial charge on any atom is 0.341 e. The first kappa shape index (κ1) is 20.6. The molecule has 148 valence electrons. The number of carbonyl (C=O) groups is 2. The van der Waals surface area contributed by atoms with Crippen LogP contribution in [0.15, 0.2) is 30.3 Å². The van der Waals surface area contributed by atoms with Gasteiger partial charge in [0.2, 0.25) is 5.91 Å². The number of thiophene rings is 1. The SMILES string of the molecule is CCCOC(=O)c1c(NC(=O)/C=C/c2ccccc2Cl)sc2c1CCC(C)C2. The van der Waals surface area contributed by atoms with Crippen LogP contribution in [0.3, 0.4) is 0 Å². The summed E-state index contributed by atoms with van der Waals surface area (Å²) in [4.78, 5) is 26.3. The van der Waals surface area contributed by atoms with Crippen LogP contribution in [0, 0.1) is 5.92 Å². The number of hydrogen-bond acceptors (Lipinski definition) is 4. The topological polar surface area (TPSA) is 55.4 Å². The van der Waals surface area contributed by atoms with Gasteiger partial charge in [0.15, 0.2) is 0 Å². The molecular formula is C22H24ClNO3S. The summed E-state index contributed by atoms with van der Waals surface area (Å²) < 4.78 is 5.38. The molecule has 1 unspecified atom stereocenters. The van der Waals surface area contributed by atoms with Gasteiger partial charge in [0.1, 0.15) is 5.00 Å². The minimum absolute atomic E-state index is 0.295. The van der Waals surface area contributed by atoms with E-state index in [2.05, 4.69) is 12.2 Å². The first-order chi connectivity index (χ1) is 13.5. The van der Waals surface area contributed by atoms with Crippen LogP contribution in [-0.2, 0) is 22.4 Å². The normalized spacial score (nSPS) is 16.0. The van der Waals surface area contributed by atoms with Crippen LogP contribution in [0.4, 0.5) is 5.00 Å². The Kier molecular flexibility index (Phi) is 6.92. The molecule has 6 heteroatoms. The van der Waals surface area contributed by atoms with E-state index in [0.29, 0.717) is 28.1 Å². The minimum atomic E-state index is -0.348. The van der Waals surface area contributed by atoms with Gasteiger partial charge in [0, 0.05) is 16.0 Å². The zero-order chi connectivity index (χ0) is 20.1. The van der Waals surface area contributed by atoms with Crippen molar-refractivity contribution in [1.82, 2.24) is 0 Å². The van der Waals surface area contributed by atoms with E-state index in [1.54, 1.807) is 12.1 Å². The lowest BCUT2D eigenvalue weighted by molar-refractivity contribution is -0.111. The lowest BCUT2D eigenvalue weighted by atomic mass is 9.88. The van der Waals surface area contributed by atoms with Gasteiger partial charge in [-0.2, -0.15) is 0 Å². The Morgan fingerprint density at radius 1 is 1.36 bits per heavy atom. The van der Waals surface area contributed by atoms with Gasteiger partial charge in [0.05, 0.1) is 12.2 Å². The Morgan fingerprint density at radius 3 is 2.89 bits per heavy atom. The van der Waals surface area contributed by atoms with Crippen LogP contribution >= 0.6 is 22.9 Å². The van der Waals surface area contributed by atoms with Crippen molar-refractivity contribution in [3.05, 3.63) is 56.9 Å². The molecule has 0 fully saturated rings. The fourth-order valence-electron chi connectivity index (χ4n) is 3.25. The van der Waals surface area contributed by atoms with Crippen molar-refractivity contribution in [3.8, 4) is 0 Å². The number of esters is 1. The summed E-state index contributed by atoms with van der Waals surface area (Å²) in [6.07, 6.45) is 6.68. The van der Waals surface area contributed by atoms with Gasteiger partial charge in [-0.05, 0) is 54.9 Å². The molecule has 1 aliphatic carbocycles. The molecule has 1 aromatic heterocycles. The molecule has 4 nitrogen and oxygen atoms in total. The van der Waals surface area contributed by atoms with Crippen molar-refractivity contribution >= 4 is 45.9 Å². The Balaban J connectivity index is 1.83. The Bertz CT molecular complexity index is 903. The van der Waals surface area contributed by atoms with E-state index in [4.69, 9.17) is 16.3 Å². The number of halogens is 1. The molecule has 28 heavy (non-hydrogen) atoms. The Labute approximate surface area is 174 Å². The Hall–Kier alpha value is -2.11. The van der Waals surface area contributed by atoms with Crippen molar-refractivity contribution in [2.45, 2.75) is 39.5 Å². The predicted octanol–water partition coefficient (Wildman–Crippen LogP) is 5.75. The van der Waals surface area contributed by atoms with E-state index in [-0.39, 0.29) is 11.9 Å². The molecule has 0 spiro atoms. The van der Waals surface area contributed by atoms with Gasteiger partial charge in [-0.1, -0.05) is 43.6 Å². The van der Waals surface area contributed by atoms with E-state index < -0.39 is 0 Å². The van der Waals surface area contributed by atoms with Crippen molar-refractivity contribution in [3.63, 3.8) is 0 Å². The molecule has 3 rings (SSSR count). The molecule has 1 amide bonds. The number of ether oxygens (including phenoxy) is 1. The number of amides is 1. The third-order valence-electron chi connectivity index (χ3n) is 4.71. The molecule has 2 aromatic rings. The third-order valence-corrected chi connectivity index (χ3v) is 6.22. The molecule has 1 heterocycles. The molecule has 0 saturated heterocycles. The van der Waals surface area contributed by atoms with Crippen LogP contribution < -0.4 is 5.32 Å². The standard InChI is InChI=1S/C22H24ClNO3S/c1-3-12-27-22(26)20-16-10-8-14(2)13-18(16)28-21(20)24-19(25)11-9-15-6-4-5-7-17(15)23/h4-7,9,11,14H,3,8,10,12-13H2,1-2H3,(H,24,25)/b11-9+. The fraction of sp³-hybridized carbons (Fsp3) is 0.364. The van der Waals surface area contributed by atoms with Gasteiger partial charge in [-0.3, -0.25) is 4.79 Å².